The van der Waals surface area contributed by atoms with Crippen molar-refractivity contribution < 1.29 is 0 Å². The fourth-order valence-electron chi connectivity index (χ4n) is 1.30. The molecule has 5 heteroatoms. The quantitative estimate of drug-likeness (QED) is 0.598. The summed E-state index contributed by atoms with van der Waals surface area (Å²) in [6.45, 7) is 0. The minimum absolute atomic E-state index is 0.0994. The van der Waals surface area contributed by atoms with Crippen LogP contribution >= 0.6 is 0 Å². The summed E-state index contributed by atoms with van der Waals surface area (Å²) in [7, 11) is 0. The molecule has 1 rings (SSSR count). The molecule has 0 saturated carbocycles. The van der Waals surface area contributed by atoms with E-state index in [9.17, 15) is 0 Å². The Labute approximate surface area is 110 Å². The first-order chi connectivity index (χ1) is 9.24. The van der Waals surface area contributed by atoms with E-state index in [0.29, 0.717) is 11.1 Å². The molecule has 1 aromatic heterocycles. The zero-order valence-electron chi connectivity index (χ0n) is 9.78. The third kappa shape index (κ3) is 3.82. The molecule has 0 amide bonds. The van der Waals surface area contributed by atoms with Crippen LogP contribution in [0, 0.1) is 51.2 Å². The molecule has 0 atom stereocenters. The maximum atomic E-state index is 8.79. The predicted octanol–water partition coefficient (Wildman–Crippen LogP) is 2.10. The van der Waals surface area contributed by atoms with Crippen molar-refractivity contribution in [2.75, 3.05) is 0 Å². The molecule has 0 aliphatic carbocycles. The van der Waals surface area contributed by atoms with Gasteiger partial charge in [0.25, 0.3) is 0 Å². The maximum Gasteiger partial charge on any atom is 0.152 e. The Hall–Kier alpha value is -3.41. The van der Waals surface area contributed by atoms with Crippen LogP contribution in [-0.2, 0) is 0 Å². The molecular formula is C14H7N5. The second-order valence-electron chi connectivity index (χ2n) is 3.38. The van der Waals surface area contributed by atoms with E-state index in [1.807, 2.05) is 12.1 Å². The van der Waals surface area contributed by atoms with Gasteiger partial charge in [0.05, 0.1) is 12.1 Å². The SMILES string of the molecule is N#CC(C#N)=CC(=CC(C#N)C#N)c1ccncc1. The average molecular weight is 245 g/mol. The molecule has 19 heavy (non-hydrogen) atoms. The lowest BCUT2D eigenvalue weighted by Crippen LogP contribution is -1.91. The Bertz CT molecular complexity index is 642. The molecule has 0 unspecified atom stereocenters. The van der Waals surface area contributed by atoms with E-state index in [1.54, 1.807) is 36.7 Å². The zero-order chi connectivity index (χ0) is 14.1. The van der Waals surface area contributed by atoms with Crippen molar-refractivity contribution in [2.24, 2.45) is 5.92 Å². The van der Waals surface area contributed by atoms with Crippen molar-refractivity contribution in [1.82, 2.24) is 4.98 Å². The molecule has 0 spiro atoms. The molecule has 1 heterocycles. The van der Waals surface area contributed by atoms with E-state index < -0.39 is 5.92 Å². The second kappa shape index (κ2) is 7.02. The Kier molecular flexibility index (Phi) is 5.05. The summed E-state index contributed by atoms with van der Waals surface area (Å²) in [5.74, 6) is -0.946. The van der Waals surface area contributed by atoms with Crippen LogP contribution in [-0.4, -0.2) is 4.98 Å². The first-order valence-corrected chi connectivity index (χ1v) is 5.18. The van der Waals surface area contributed by atoms with Crippen LogP contribution in [0.2, 0.25) is 0 Å². The fourth-order valence-corrected chi connectivity index (χ4v) is 1.30. The van der Waals surface area contributed by atoms with Gasteiger partial charge in [0.15, 0.2) is 5.92 Å². The monoisotopic (exact) mass is 245 g/mol. The maximum absolute atomic E-state index is 8.79. The number of rotatable bonds is 3. The van der Waals surface area contributed by atoms with Gasteiger partial charge in [-0.1, -0.05) is 0 Å². The molecule has 0 N–H and O–H groups in total. The number of nitriles is 4. The smallest absolute Gasteiger partial charge is 0.152 e. The molecule has 88 valence electrons. The predicted molar refractivity (Wildman–Crippen MR) is 66.2 cm³/mol. The molecule has 1 aromatic rings. The van der Waals surface area contributed by atoms with Crippen molar-refractivity contribution in [3.05, 3.63) is 47.8 Å². The van der Waals surface area contributed by atoms with Crippen LogP contribution in [0.15, 0.2) is 42.3 Å². The van der Waals surface area contributed by atoms with E-state index >= 15 is 0 Å². The molecule has 0 aliphatic rings. The topological polar surface area (TPSA) is 108 Å². The van der Waals surface area contributed by atoms with Gasteiger partial charge in [0, 0.05) is 12.4 Å². The highest BCUT2D eigenvalue weighted by Gasteiger charge is 2.06. The summed E-state index contributed by atoms with van der Waals surface area (Å²) in [4.78, 5) is 3.86. The van der Waals surface area contributed by atoms with Gasteiger partial charge in [0.1, 0.15) is 17.7 Å². The summed E-state index contributed by atoms with van der Waals surface area (Å²) in [5, 5.41) is 35.1. The zero-order valence-corrected chi connectivity index (χ0v) is 9.78. The number of hydrogen-bond acceptors (Lipinski definition) is 5. The van der Waals surface area contributed by atoms with Gasteiger partial charge in [-0.25, -0.2) is 0 Å². The molecular weight excluding hydrogens is 238 g/mol. The van der Waals surface area contributed by atoms with Gasteiger partial charge < -0.3 is 0 Å². The molecule has 0 aromatic carbocycles. The van der Waals surface area contributed by atoms with Crippen LogP contribution in [0.3, 0.4) is 0 Å². The Morgan fingerprint density at radius 1 is 1.05 bits per heavy atom. The van der Waals surface area contributed by atoms with E-state index in [-0.39, 0.29) is 5.57 Å². The molecule has 5 nitrogen and oxygen atoms in total. The Balaban J connectivity index is 3.35. The standard InChI is InChI=1S/C14H7N5/c15-7-11(8-16)5-14(6-12(9-17)10-18)13-1-3-19-4-2-13/h1-6,11H. The normalized spacial score (nSPS) is 9.63. The Morgan fingerprint density at radius 3 is 2.11 bits per heavy atom. The third-order valence-corrected chi connectivity index (χ3v) is 2.18. The van der Waals surface area contributed by atoms with Crippen LogP contribution in [0.25, 0.3) is 5.57 Å². The Morgan fingerprint density at radius 2 is 1.63 bits per heavy atom. The van der Waals surface area contributed by atoms with Crippen LogP contribution in [0.1, 0.15) is 5.56 Å². The van der Waals surface area contributed by atoms with Gasteiger partial charge in [-0.15, -0.1) is 0 Å². The van der Waals surface area contributed by atoms with E-state index in [4.69, 9.17) is 21.0 Å². The minimum Gasteiger partial charge on any atom is -0.265 e. The number of hydrogen-bond donors (Lipinski definition) is 0. The van der Waals surface area contributed by atoms with Gasteiger partial charge in [-0.05, 0) is 35.4 Å². The lowest BCUT2D eigenvalue weighted by molar-refractivity contribution is 1.09. The molecule has 0 radical (unpaired) electrons. The first-order valence-electron chi connectivity index (χ1n) is 5.18. The summed E-state index contributed by atoms with van der Waals surface area (Å²) in [6, 6.07) is 10.4. The molecule has 0 aliphatic heterocycles. The van der Waals surface area contributed by atoms with E-state index in [0.717, 1.165) is 0 Å². The van der Waals surface area contributed by atoms with Crippen molar-refractivity contribution in [2.45, 2.75) is 0 Å². The van der Waals surface area contributed by atoms with Crippen molar-refractivity contribution in [3.8, 4) is 24.3 Å². The molecule has 0 saturated heterocycles. The lowest BCUT2D eigenvalue weighted by atomic mass is 10.00. The lowest BCUT2D eigenvalue weighted by Gasteiger charge is -2.02. The van der Waals surface area contributed by atoms with Crippen LogP contribution in [0.5, 0.6) is 0 Å². The van der Waals surface area contributed by atoms with Crippen LogP contribution in [0.4, 0.5) is 0 Å². The van der Waals surface area contributed by atoms with Crippen LogP contribution < -0.4 is 0 Å². The van der Waals surface area contributed by atoms with Gasteiger partial charge in [-0.2, -0.15) is 21.0 Å². The second-order valence-corrected chi connectivity index (χ2v) is 3.38. The fraction of sp³-hybridized carbons (Fsp3) is 0.0714. The van der Waals surface area contributed by atoms with Gasteiger partial charge in [-0.3, -0.25) is 4.98 Å². The summed E-state index contributed by atoms with van der Waals surface area (Å²) < 4.78 is 0. The largest absolute Gasteiger partial charge is 0.265 e. The van der Waals surface area contributed by atoms with Gasteiger partial charge >= 0.3 is 0 Å². The summed E-state index contributed by atoms with van der Waals surface area (Å²) in [5.41, 5.74) is 1.04. The van der Waals surface area contributed by atoms with Crippen molar-refractivity contribution >= 4 is 5.57 Å². The average Bonchev–Trinajstić information content (AvgIpc) is 2.48. The molecule has 0 fully saturated rings. The number of nitrogens with zero attached hydrogens (tertiary/aromatic N) is 5. The van der Waals surface area contributed by atoms with E-state index in [1.165, 1.54) is 12.2 Å². The third-order valence-electron chi connectivity index (χ3n) is 2.18. The first kappa shape index (κ1) is 13.7. The van der Waals surface area contributed by atoms with Crippen molar-refractivity contribution in [3.63, 3.8) is 0 Å². The summed E-state index contributed by atoms with van der Waals surface area (Å²) >= 11 is 0. The highest BCUT2D eigenvalue weighted by molar-refractivity contribution is 5.77. The molecule has 0 bridgehead atoms. The van der Waals surface area contributed by atoms with E-state index in [2.05, 4.69) is 4.98 Å². The highest BCUT2D eigenvalue weighted by atomic mass is 14.6. The summed E-state index contributed by atoms with van der Waals surface area (Å²) in [6.07, 6.45) is 5.84. The highest BCUT2D eigenvalue weighted by Crippen LogP contribution is 2.19. The number of aromatic nitrogens is 1. The number of allylic oxidation sites excluding steroid dienone is 4. The number of pyridine rings is 1. The minimum atomic E-state index is -0.946. The van der Waals surface area contributed by atoms with Crippen molar-refractivity contribution in [1.29, 1.82) is 21.0 Å². The van der Waals surface area contributed by atoms with Gasteiger partial charge in [0.2, 0.25) is 0 Å².